The van der Waals surface area contributed by atoms with Gasteiger partial charge in [0.2, 0.25) is 0 Å². The van der Waals surface area contributed by atoms with Crippen molar-refractivity contribution in [1.29, 1.82) is 0 Å². The third kappa shape index (κ3) is 4.34. The summed E-state index contributed by atoms with van der Waals surface area (Å²) in [7, 11) is 4.61. The Balaban J connectivity index is 3.78. The van der Waals surface area contributed by atoms with Crippen LogP contribution in [0, 0.1) is 5.92 Å². The summed E-state index contributed by atoms with van der Waals surface area (Å²) in [6.45, 7) is 8.50. The van der Waals surface area contributed by atoms with Crippen LogP contribution < -0.4 is 0 Å². The van der Waals surface area contributed by atoms with Gasteiger partial charge in [0.15, 0.2) is 0 Å². The minimum atomic E-state index is 0.809. The van der Waals surface area contributed by atoms with E-state index in [1.54, 1.807) is 0 Å². The van der Waals surface area contributed by atoms with E-state index < -0.39 is 0 Å². The van der Waals surface area contributed by atoms with E-state index in [2.05, 4.69) is 36.1 Å². The van der Waals surface area contributed by atoms with Crippen LogP contribution >= 0.6 is 0 Å². The molecule has 0 saturated carbocycles. The first kappa shape index (κ1) is 10.9. The zero-order valence-corrected chi connectivity index (χ0v) is 8.48. The lowest BCUT2D eigenvalue weighted by Crippen LogP contribution is -2.09. The van der Waals surface area contributed by atoms with E-state index in [1.807, 2.05) is 0 Å². The molecular weight excluding hydrogens is 130 g/mol. The van der Waals surface area contributed by atoms with E-state index in [9.17, 15) is 0 Å². The molecule has 0 bridgehead atoms. The van der Waals surface area contributed by atoms with Crippen LogP contribution in [-0.4, -0.2) is 15.7 Å². The molecule has 0 fully saturated rings. The van der Waals surface area contributed by atoms with Gasteiger partial charge < -0.3 is 0 Å². The lowest BCUT2D eigenvalue weighted by atomic mass is 9.61. The van der Waals surface area contributed by atoms with Crippen LogP contribution in [0.4, 0.5) is 0 Å². The lowest BCUT2D eigenvalue weighted by molar-refractivity contribution is 0.529. The van der Waals surface area contributed by atoms with E-state index in [0.29, 0.717) is 0 Å². The van der Waals surface area contributed by atoms with Crippen LogP contribution in [-0.2, 0) is 0 Å². The molecule has 62 valence electrons. The van der Waals surface area contributed by atoms with E-state index in [0.717, 1.165) is 18.1 Å². The molecule has 1 unspecified atom stereocenters. The van der Waals surface area contributed by atoms with Crippen molar-refractivity contribution < 1.29 is 0 Å². The van der Waals surface area contributed by atoms with Crippen LogP contribution in [0.5, 0.6) is 0 Å². The van der Waals surface area contributed by atoms with Crippen LogP contribution in [0.3, 0.4) is 0 Å². The second-order valence-corrected chi connectivity index (χ2v) is 3.72. The van der Waals surface area contributed by atoms with Gasteiger partial charge in [-0.15, -0.1) is 0 Å². The van der Waals surface area contributed by atoms with E-state index in [1.165, 1.54) is 18.4 Å². The average molecular weight is 150 g/mol. The highest BCUT2D eigenvalue weighted by Crippen LogP contribution is 2.23. The SMILES string of the molecule is BC(B)C(CC)CC(=C)CC. The number of rotatable bonds is 5. The van der Waals surface area contributed by atoms with Gasteiger partial charge in [0.25, 0.3) is 0 Å². The maximum Gasteiger partial charge on any atom is 0.0960 e. The summed E-state index contributed by atoms with van der Waals surface area (Å²) < 4.78 is 0. The molecule has 0 N–H and O–H groups in total. The van der Waals surface area contributed by atoms with Crippen molar-refractivity contribution in [3.8, 4) is 0 Å². The highest BCUT2D eigenvalue weighted by atomic mass is 14.1. The molecule has 0 aliphatic carbocycles. The average Bonchev–Trinajstić information content (AvgIpc) is 1.99. The standard InChI is InChI=1S/C9H20B2/c1-4-7(3)6-8(5-2)9(10)11/h8-9H,3-6,10-11H2,1-2H3. The number of hydrogen-bond acceptors (Lipinski definition) is 0. The molecule has 0 aliphatic heterocycles. The Bertz CT molecular complexity index is 119. The van der Waals surface area contributed by atoms with Crippen LogP contribution in [0.1, 0.15) is 33.1 Å². The first-order valence-electron chi connectivity index (χ1n) is 4.78. The third-order valence-corrected chi connectivity index (χ3v) is 2.52. The predicted octanol–water partition coefficient (Wildman–Crippen LogP) is 1.38. The fourth-order valence-corrected chi connectivity index (χ4v) is 1.37. The van der Waals surface area contributed by atoms with Crippen LogP contribution in [0.25, 0.3) is 0 Å². The maximum atomic E-state index is 4.04. The van der Waals surface area contributed by atoms with Gasteiger partial charge in [0.05, 0.1) is 15.7 Å². The monoisotopic (exact) mass is 150 g/mol. The van der Waals surface area contributed by atoms with Gasteiger partial charge in [-0.05, 0) is 18.8 Å². The fourth-order valence-electron chi connectivity index (χ4n) is 1.37. The van der Waals surface area contributed by atoms with Crippen molar-refractivity contribution in [1.82, 2.24) is 0 Å². The molecule has 0 amide bonds. The summed E-state index contributed by atoms with van der Waals surface area (Å²) in [6, 6.07) is 0. The highest BCUT2D eigenvalue weighted by molar-refractivity contribution is 6.35. The van der Waals surface area contributed by atoms with Crippen molar-refractivity contribution in [3.63, 3.8) is 0 Å². The summed E-state index contributed by atoms with van der Waals surface area (Å²) >= 11 is 0. The van der Waals surface area contributed by atoms with Gasteiger partial charge in [-0.1, -0.05) is 38.1 Å². The van der Waals surface area contributed by atoms with E-state index in [4.69, 9.17) is 0 Å². The zero-order chi connectivity index (χ0) is 8.85. The Labute approximate surface area is 73.3 Å². The first-order chi connectivity index (χ1) is 5.11. The Hall–Kier alpha value is -0.130. The number of hydrogen-bond donors (Lipinski definition) is 0. The molecule has 1 atom stereocenters. The minimum absolute atomic E-state index is 0.809. The Morgan fingerprint density at radius 2 is 1.91 bits per heavy atom. The molecule has 0 aromatic rings. The van der Waals surface area contributed by atoms with E-state index in [-0.39, 0.29) is 0 Å². The second kappa shape index (κ2) is 5.51. The van der Waals surface area contributed by atoms with Gasteiger partial charge in [-0.2, -0.15) is 0 Å². The molecule has 0 aliphatic rings. The smallest absolute Gasteiger partial charge is 0.0960 e. The molecule has 0 saturated heterocycles. The van der Waals surface area contributed by atoms with Crippen molar-refractivity contribution in [2.24, 2.45) is 5.92 Å². The molecule has 2 heteroatoms. The van der Waals surface area contributed by atoms with Crippen LogP contribution in [0.2, 0.25) is 5.72 Å². The minimum Gasteiger partial charge on any atom is -0.0999 e. The van der Waals surface area contributed by atoms with Gasteiger partial charge in [-0.3, -0.25) is 0 Å². The van der Waals surface area contributed by atoms with E-state index >= 15 is 0 Å². The predicted molar refractivity (Wildman–Crippen MR) is 58.7 cm³/mol. The first-order valence-corrected chi connectivity index (χ1v) is 4.78. The molecule has 0 rings (SSSR count). The topological polar surface area (TPSA) is 0 Å². The zero-order valence-electron chi connectivity index (χ0n) is 8.48. The summed E-state index contributed by atoms with van der Waals surface area (Å²) in [5.41, 5.74) is 2.22. The molecule has 11 heavy (non-hydrogen) atoms. The maximum absolute atomic E-state index is 4.04. The Morgan fingerprint density at radius 3 is 2.18 bits per heavy atom. The summed E-state index contributed by atoms with van der Waals surface area (Å²) in [4.78, 5) is 0. The highest BCUT2D eigenvalue weighted by Gasteiger charge is 2.10. The lowest BCUT2D eigenvalue weighted by Gasteiger charge is -2.19. The Kier molecular flexibility index (Phi) is 5.45. The molecule has 0 radical (unpaired) electrons. The second-order valence-electron chi connectivity index (χ2n) is 3.72. The third-order valence-electron chi connectivity index (χ3n) is 2.52. The molecular formula is C9H20B2. The van der Waals surface area contributed by atoms with Gasteiger partial charge in [-0.25, -0.2) is 0 Å². The Morgan fingerprint density at radius 1 is 1.36 bits per heavy atom. The van der Waals surface area contributed by atoms with Crippen molar-refractivity contribution >= 4 is 15.7 Å². The van der Waals surface area contributed by atoms with Crippen molar-refractivity contribution in [2.75, 3.05) is 0 Å². The largest absolute Gasteiger partial charge is 0.0999 e. The van der Waals surface area contributed by atoms with Gasteiger partial charge in [0.1, 0.15) is 0 Å². The summed E-state index contributed by atoms with van der Waals surface area (Å²) in [5, 5.41) is 0. The summed E-state index contributed by atoms with van der Waals surface area (Å²) in [6.07, 6.45) is 3.66. The normalized spacial score (nSPS) is 13.4. The summed E-state index contributed by atoms with van der Waals surface area (Å²) in [5.74, 6) is 0.849. The van der Waals surface area contributed by atoms with Crippen molar-refractivity contribution in [2.45, 2.75) is 38.8 Å². The van der Waals surface area contributed by atoms with Gasteiger partial charge >= 0.3 is 0 Å². The van der Waals surface area contributed by atoms with Crippen molar-refractivity contribution in [3.05, 3.63) is 12.2 Å². The molecule has 0 nitrogen and oxygen atoms in total. The molecule has 0 spiro atoms. The molecule has 0 heterocycles. The molecule has 0 aromatic carbocycles. The van der Waals surface area contributed by atoms with Gasteiger partial charge in [0, 0.05) is 0 Å². The molecule has 0 aromatic heterocycles. The fraction of sp³-hybridized carbons (Fsp3) is 0.778. The quantitative estimate of drug-likeness (QED) is 0.410. The van der Waals surface area contributed by atoms with Crippen LogP contribution in [0.15, 0.2) is 12.2 Å². The number of allylic oxidation sites excluding steroid dienone is 1.